The Morgan fingerprint density at radius 1 is 0.933 bits per heavy atom. The lowest BCUT2D eigenvalue weighted by Crippen LogP contribution is -2.53. The van der Waals surface area contributed by atoms with Crippen molar-refractivity contribution >= 4 is 11.9 Å². The summed E-state index contributed by atoms with van der Waals surface area (Å²) in [5.41, 5.74) is 4.31. The van der Waals surface area contributed by atoms with Gasteiger partial charge in [0.05, 0.1) is 6.04 Å². The molecule has 30 heavy (non-hydrogen) atoms. The van der Waals surface area contributed by atoms with Crippen molar-refractivity contribution in [1.29, 1.82) is 0 Å². The number of amides is 3. The predicted octanol–water partition coefficient (Wildman–Crippen LogP) is 3.93. The number of rotatable bonds is 3. The molecule has 0 aromatic heterocycles. The van der Waals surface area contributed by atoms with Gasteiger partial charge in [0.25, 0.3) is 5.91 Å². The maximum absolute atomic E-state index is 13.4. The first-order valence-corrected chi connectivity index (χ1v) is 10.7. The lowest BCUT2D eigenvalue weighted by atomic mass is 9.89. The van der Waals surface area contributed by atoms with E-state index in [0.717, 1.165) is 18.4 Å². The van der Waals surface area contributed by atoms with Crippen LogP contribution in [0.1, 0.15) is 52.9 Å². The zero-order valence-corrected chi connectivity index (χ0v) is 17.4. The molecule has 1 fully saturated rings. The van der Waals surface area contributed by atoms with Gasteiger partial charge in [-0.05, 0) is 67.5 Å². The van der Waals surface area contributed by atoms with Gasteiger partial charge in [-0.25, -0.2) is 9.18 Å². The Bertz CT molecular complexity index is 938. The number of aryl methyl sites for hydroxylation is 2. The van der Waals surface area contributed by atoms with Crippen molar-refractivity contribution in [2.24, 2.45) is 0 Å². The second-order valence-corrected chi connectivity index (χ2v) is 8.20. The Morgan fingerprint density at radius 2 is 1.63 bits per heavy atom. The van der Waals surface area contributed by atoms with Crippen LogP contribution < -0.4 is 5.32 Å². The predicted molar refractivity (Wildman–Crippen MR) is 114 cm³/mol. The van der Waals surface area contributed by atoms with E-state index in [9.17, 15) is 14.0 Å². The van der Waals surface area contributed by atoms with E-state index < -0.39 is 5.82 Å². The number of carbonyl (C=O) groups excluding carboxylic acids is 2. The second-order valence-electron chi connectivity index (χ2n) is 8.20. The molecule has 1 heterocycles. The molecule has 2 aliphatic rings. The molecule has 158 valence electrons. The van der Waals surface area contributed by atoms with Crippen molar-refractivity contribution in [3.05, 3.63) is 70.5 Å². The SMILES string of the molecule is CC(NC(=O)N1CCN(C(=O)c2cccc(F)c2)CC1)c1ccc2c(c1)CCCC2. The fraction of sp³-hybridized carbons (Fsp3) is 0.417. The van der Waals surface area contributed by atoms with E-state index >= 15 is 0 Å². The molecule has 0 spiro atoms. The molecule has 1 N–H and O–H groups in total. The molecule has 0 saturated carbocycles. The van der Waals surface area contributed by atoms with Crippen LogP contribution in [0.4, 0.5) is 9.18 Å². The molecule has 1 aliphatic carbocycles. The minimum absolute atomic E-state index is 0.0725. The van der Waals surface area contributed by atoms with E-state index in [2.05, 4.69) is 23.5 Å². The molecule has 0 bridgehead atoms. The Labute approximate surface area is 176 Å². The van der Waals surface area contributed by atoms with Gasteiger partial charge < -0.3 is 15.1 Å². The highest BCUT2D eigenvalue weighted by molar-refractivity contribution is 5.94. The number of nitrogens with one attached hydrogen (secondary N) is 1. The molecule has 0 radical (unpaired) electrons. The van der Waals surface area contributed by atoms with Gasteiger partial charge in [0.15, 0.2) is 0 Å². The van der Waals surface area contributed by atoms with Crippen molar-refractivity contribution < 1.29 is 14.0 Å². The molecule has 1 unspecified atom stereocenters. The van der Waals surface area contributed by atoms with Crippen molar-refractivity contribution in [1.82, 2.24) is 15.1 Å². The normalized spacial score (nSPS) is 17.3. The minimum atomic E-state index is -0.421. The molecule has 1 aliphatic heterocycles. The van der Waals surface area contributed by atoms with E-state index in [-0.39, 0.29) is 18.0 Å². The van der Waals surface area contributed by atoms with Crippen molar-refractivity contribution in [2.45, 2.75) is 38.6 Å². The van der Waals surface area contributed by atoms with Crippen LogP contribution in [0.25, 0.3) is 0 Å². The first kappa shape index (κ1) is 20.4. The first-order valence-electron chi connectivity index (χ1n) is 10.7. The van der Waals surface area contributed by atoms with Gasteiger partial charge in [0.2, 0.25) is 0 Å². The van der Waals surface area contributed by atoms with Crippen LogP contribution in [0.3, 0.4) is 0 Å². The Hall–Kier alpha value is -2.89. The third-order valence-corrected chi connectivity index (χ3v) is 6.14. The lowest BCUT2D eigenvalue weighted by molar-refractivity contribution is 0.0663. The highest BCUT2D eigenvalue weighted by atomic mass is 19.1. The fourth-order valence-electron chi connectivity index (χ4n) is 4.30. The van der Waals surface area contributed by atoms with Crippen LogP contribution >= 0.6 is 0 Å². The number of benzene rings is 2. The summed E-state index contributed by atoms with van der Waals surface area (Å²) in [5, 5.41) is 3.09. The molecule has 1 atom stereocenters. The van der Waals surface area contributed by atoms with Gasteiger partial charge >= 0.3 is 6.03 Å². The van der Waals surface area contributed by atoms with Gasteiger partial charge in [0, 0.05) is 31.7 Å². The molecule has 3 amide bonds. The number of halogens is 1. The smallest absolute Gasteiger partial charge is 0.317 e. The van der Waals surface area contributed by atoms with Crippen molar-refractivity contribution in [2.75, 3.05) is 26.2 Å². The molecule has 2 aromatic rings. The third kappa shape index (κ3) is 4.48. The lowest BCUT2D eigenvalue weighted by Gasteiger charge is -2.35. The number of fused-ring (bicyclic) bond motifs is 1. The highest BCUT2D eigenvalue weighted by Gasteiger charge is 2.26. The Morgan fingerprint density at radius 3 is 2.37 bits per heavy atom. The number of hydrogen-bond donors (Lipinski definition) is 1. The average Bonchev–Trinajstić information content (AvgIpc) is 2.78. The van der Waals surface area contributed by atoms with Crippen LogP contribution in [-0.4, -0.2) is 47.9 Å². The monoisotopic (exact) mass is 409 g/mol. The van der Waals surface area contributed by atoms with E-state index in [1.165, 1.54) is 42.2 Å². The molecule has 1 saturated heterocycles. The summed E-state index contributed by atoms with van der Waals surface area (Å²) >= 11 is 0. The highest BCUT2D eigenvalue weighted by Crippen LogP contribution is 2.25. The molecule has 5 nitrogen and oxygen atoms in total. The van der Waals surface area contributed by atoms with Crippen LogP contribution in [0.15, 0.2) is 42.5 Å². The van der Waals surface area contributed by atoms with Crippen LogP contribution in [0.5, 0.6) is 0 Å². The maximum Gasteiger partial charge on any atom is 0.317 e. The Balaban J connectivity index is 1.31. The van der Waals surface area contributed by atoms with Crippen LogP contribution in [-0.2, 0) is 12.8 Å². The fourth-order valence-corrected chi connectivity index (χ4v) is 4.30. The number of carbonyl (C=O) groups is 2. The van der Waals surface area contributed by atoms with E-state index in [1.54, 1.807) is 15.9 Å². The second kappa shape index (κ2) is 8.86. The minimum Gasteiger partial charge on any atom is -0.335 e. The molecular formula is C24H28FN3O2. The molecule has 4 rings (SSSR count). The average molecular weight is 410 g/mol. The van der Waals surface area contributed by atoms with Gasteiger partial charge in [0.1, 0.15) is 5.82 Å². The molecule has 2 aromatic carbocycles. The summed E-state index contributed by atoms with van der Waals surface area (Å²) in [5.74, 6) is -0.619. The van der Waals surface area contributed by atoms with Crippen LogP contribution in [0, 0.1) is 5.82 Å². The Kier molecular flexibility index (Phi) is 6.02. The zero-order chi connectivity index (χ0) is 21.1. The quantitative estimate of drug-likeness (QED) is 0.835. The largest absolute Gasteiger partial charge is 0.335 e. The van der Waals surface area contributed by atoms with E-state index in [4.69, 9.17) is 0 Å². The number of hydrogen-bond acceptors (Lipinski definition) is 2. The molecule has 6 heteroatoms. The first-order chi connectivity index (χ1) is 14.5. The summed E-state index contributed by atoms with van der Waals surface area (Å²) in [4.78, 5) is 28.7. The van der Waals surface area contributed by atoms with E-state index in [0.29, 0.717) is 31.7 Å². The van der Waals surface area contributed by atoms with Gasteiger partial charge in [-0.3, -0.25) is 4.79 Å². The summed E-state index contributed by atoms with van der Waals surface area (Å²) in [6.07, 6.45) is 4.75. The van der Waals surface area contributed by atoms with Crippen molar-refractivity contribution in [3.63, 3.8) is 0 Å². The van der Waals surface area contributed by atoms with Gasteiger partial charge in [-0.2, -0.15) is 0 Å². The van der Waals surface area contributed by atoms with Gasteiger partial charge in [-0.1, -0.05) is 24.3 Å². The van der Waals surface area contributed by atoms with Gasteiger partial charge in [-0.15, -0.1) is 0 Å². The maximum atomic E-state index is 13.4. The summed E-state index contributed by atoms with van der Waals surface area (Å²) < 4.78 is 13.4. The zero-order valence-electron chi connectivity index (χ0n) is 17.4. The topological polar surface area (TPSA) is 52.7 Å². The van der Waals surface area contributed by atoms with Crippen LogP contribution in [0.2, 0.25) is 0 Å². The summed E-state index contributed by atoms with van der Waals surface area (Å²) in [6, 6.07) is 12.1. The number of urea groups is 1. The number of nitrogens with zero attached hydrogens (tertiary/aromatic N) is 2. The standard InChI is InChI=1S/C24H28FN3O2/c1-17(19-10-9-18-5-2-3-6-20(18)15-19)26-24(30)28-13-11-27(12-14-28)23(29)21-7-4-8-22(25)16-21/h4,7-10,15-17H,2-3,5-6,11-14H2,1H3,(H,26,30). The van der Waals surface area contributed by atoms with Crippen molar-refractivity contribution in [3.8, 4) is 0 Å². The third-order valence-electron chi connectivity index (χ3n) is 6.14. The summed E-state index contributed by atoms with van der Waals surface area (Å²) in [6.45, 7) is 3.81. The number of piperazine rings is 1. The molecular weight excluding hydrogens is 381 g/mol. The van der Waals surface area contributed by atoms with E-state index in [1.807, 2.05) is 6.92 Å². The summed E-state index contributed by atoms with van der Waals surface area (Å²) in [7, 11) is 0.